The largest absolute Gasteiger partial charge is 0.326 e. The number of ketones is 1. The smallest absolute Gasteiger partial charge is 0.300 e. The van der Waals surface area contributed by atoms with Crippen LogP contribution >= 0.6 is 33.2 Å². The number of hydrogen-bond donors (Lipinski definition) is 0. The van der Waals surface area contributed by atoms with Gasteiger partial charge in [-0.3, -0.25) is 0 Å². The molecule has 0 unspecified atom stereocenters. The van der Waals surface area contributed by atoms with E-state index in [0.717, 1.165) is 0 Å². The first kappa shape index (κ1) is 11.5. The number of rotatable bonds is 0. The Balaban J connectivity index is 0. The summed E-state index contributed by atoms with van der Waals surface area (Å²) >= 11 is 14.8. The van der Waals surface area contributed by atoms with Crippen molar-refractivity contribution in [3.05, 3.63) is 0 Å². The fraction of sp³-hybridized carbons (Fsp3) is 0.667. The van der Waals surface area contributed by atoms with Crippen LogP contribution in [0.15, 0.2) is 0 Å². The van der Waals surface area contributed by atoms with Crippen molar-refractivity contribution in [1.82, 2.24) is 0 Å². The molecule has 0 aromatic carbocycles. The second-order valence-electron chi connectivity index (χ2n) is 1.16. The van der Waals surface area contributed by atoms with E-state index < -0.39 is 6.73 Å². The van der Waals surface area contributed by atoms with Gasteiger partial charge in [-0.1, -0.05) is 0 Å². The second kappa shape index (κ2) is 7.76. The standard InChI is InChI=1S/C3H6O.Cl3HSi/c1-3(2)4;1-4(2)3/h1-2H3;4H. The fourth-order valence-corrected chi connectivity index (χ4v) is 0. The first-order valence-corrected chi connectivity index (χ1v) is 7.10. The first-order chi connectivity index (χ1) is 3.46. The third kappa shape index (κ3) is 391. The highest BCUT2D eigenvalue weighted by atomic mass is 35.8. The van der Waals surface area contributed by atoms with Gasteiger partial charge in [-0.2, -0.15) is 0 Å². The average molecular weight is 194 g/mol. The third-order valence-corrected chi connectivity index (χ3v) is 0. The van der Waals surface area contributed by atoms with E-state index in [1.807, 2.05) is 0 Å². The lowest BCUT2D eigenvalue weighted by molar-refractivity contribution is -0.114. The van der Waals surface area contributed by atoms with Gasteiger partial charge in [0.2, 0.25) is 0 Å². The van der Waals surface area contributed by atoms with Crippen molar-refractivity contribution in [2.75, 3.05) is 0 Å². The lowest BCUT2D eigenvalue weighted by Gasteiger charge is -1.65. The molecule has 5 heteroatoms. The third-order valence-electron chi connectivity index (χ3n) is 0. The Bertz CT molecular complexity index is 58.8. The van der Waals surface area contributed by atoms with E-state index >= 15 is 0 Å². The van der Waals surface area contributed by atoms with E-state index in [-0.39, 0.29) is 5.78 Å². The van der Waals surface area contributed by atoms with Gasteiger partial charge >= 0.3 is 6.73 Å². The summed E-state index contributed by atoms with van der Waals surface area (Å²) in [6.45, 7) is 1.33. The highest BCUT2D eigenvalue weighted by molar-refractivity contribution is 7.54. The SMILES string of the molecule is CC(C)=O.Cl[SiH](Cl)Cl. The predicted molar refractivity (Wildman–Crippen MR) is 41.1 cm³/mol. The molecule has 0 aliphatic rings. The first-order valence-electron chi connectivity index (χ1n) is 1.86. The van der Waals surface area contributed by atoms with E-state index in [1.165, 1.54) is 13.8 Å². The highest BCUT2D eigenvalue weighted by Crippen LogP contribution is 1.97. The summed E-state index contributed by atoms with van der Waals surface area (Å²) in [5.74, 6) is 0.167. The van der Waals surface area contributed by atoms with Gasteiger partial charge in [0.05, 0.1) is 0 Å². The molecule has 0 heterocycles. The summed E-state index contributed by atoms with van der Waals surface area (Å²) in [6, 6.07) is 0. The molecular formula is C3H7Cl3OSi. The molecule has 0 rings (SSSR count). The van der Waals surface area contributed by atoms with Crippen molar-refractivity contribution >= 4 is 45.7 Å². The van der Waals surface area contributed by atoms with Crippen LogP contribution in [-0.4, -0.2) is 12.5 Å². The summed E-state index contributed by atoms with van der Waals surface area (Å²) in [7, 11) is 0. The molecule has 0 fully saturated rings. The summed E-state index contributed by atoms with van der Waals surface area (Å²) in [5.41, 5.74) is 0. The number of carbonyl (C=O) groups is 1. The van der Waals surface area contributed by atoms with Crippen molar-refractivity contribution < 1.29 is 4.79 Å². The van der Waals surface area contributed by atoms with E-state index in [0.29, 0.717) is 0 Å². The van der Waals surface area contributed by atoms with Gasteiger partial charge in [-0.25, -0.2) is 0 Å². The van der Waals surface area contributed by atoms with Crippen LogP contribution in [0.2, 0.25) is 0 Å². The van der Waals surface area contributed by atoms with Crippen molar-refractivity contribution in [2.45, 2.75) is 13.8 Å². The van der Waals surface area contributed by atoms with Gasteiger partial charge in [0.1, 0.15) is 5.78 Å². The van der Waals surface area contributed by atoms with Gasteiger partial charge < -0.3 is 4.79 Å². The van der Waals surface area contributed by atoms with Crippen LogP contribution in [0.1, 0.15) is 13.8 Å². The van der Waals surface area contributed by atoms with Crippen molar-refractivity contribution in [3.63, 3.8) is 0 Å². The minimum Gasteiger partial charge on any atom is -0.300 e. The molecule has 0 bridgehead atoms. The molecule has 0 N–H and O–H groups in total. The van der Waals surface area contributed by atoms with Gasteiger partial charge in [0.25, 0.3) is 0 Å². The van der Waals surface area contributed by atoms with Crippen LogP contribution in [0.4, 0.5) is 0 Å². The molecule has 0 aliphatic carbocycles. The Kier molecular flexibility index (Phi) is 11.2. The van der Waals surface area contributed by atoms with Crippen LogP contribution in [0.5, 0.6) is 0 Å². The number of carbonyl (C=O) groups excluding carboxylic acids is 1. The Hall–Kier alpha value is 0.757. The molecule has 0 aliphatic heterocycles. The Morgan fingerprint density at radius 2 is 1.25 bits per heavy atom. The van der Waals surface area contributed by atoms with Gasteiger partial charge in [0.15, 0.2) is 0 Å². The van der Waals surface area contributed by atoms with Crippen LogP contribution in [-0.2, 0) is 4.79 Å². The van der Waals surface area contributed by atoms with Crippen molar-refractivity contribution in [1.29, 1.82) is 0 Å². The van der Waals surface area contributed by atoms with Crippen molar-refractivity contribution in [3.8, 4) is 0 Å². The monoisotopic (exact) mass is 192 g/mol. The fourth-order valence-electron chi connectivity index (χ4n) is 0. The molecular weight excluding hydrogens is 186 g/mol. The zero-order valence-electron chi connectivity index (χ0n) is 4.62. The second-order valence-corrected chi connectivity index (χ2v) is 7.59. The van der Waals surface area contributed by atoms with E-state index in [2.05, 4.69) is 0 Å². The minimum atomic E-state index is -1.72. The normalized spacial score (nSPS) is 7.75. The van der Waals surface area contributed by atoms with Crippen LogP contribution < -0.4 is 0 Å². The maximum atomic E-state index is 9.44. The average Bonchev–Trinajstić information content (AvgIpc) is 1.25. The Morgan fingerprint density at radius 1 is 1.25 bits per heavy atom. The van der Waals surface area contributed by atoms with E-state index in [4.69, 9.17) is 33.2 Å². The quantitative estimate of drug-likeness (QED) is 0.425. The zero-order valence-corrected chi connectivity index (χ0v) is 8.04. The lowest BCUT2D eigenvalue weighted by Crippen LogP contribution is -1.69. The molecule has 50 valence electrons. The number of hydrogen-bond acceptors (Lipinski definition) is 1. The summed E-state index contributed by atoms with van der Waals surface area (Å²) < 4.78 is 0. The number of Topliss-reactive ketones (excluding diaryl/α,β-unsaturated/α-hetero) is 1. The molecule has 0 aromatic rings. The van der Waals surface area contributed by atoms with E-state index in [9.17, 15) is 4.79 Å². The summed E-state index contributed by atoms with van der Waals surface area (Å²) in [6.07, 6.45) is 0. The molecule has 0 amide bonds. The van der Waals surface area contributed by atoms with Crippen LogP contribution in [0.3, 0.4) is 0 Å². The highest BCUT2D eigenvalue weighted by Gasteiger charge is 1.85. The minimum absolute atomic E-state index is 0.167. The molecule has 0 spiro atoms. The van der Waals surface area contributed by atoms with Crippen LogP contribution in [0, 0.1) is 0 Å². The summed E-state index contributed by atoms with van der Waals surface area (Å²) in [4.78, 5) is 9.44. The molecule has 0 radical (unpaired) electrons. The van der Waals surface area contributed by atoms with Crippen molar-refractivity contribution in [2.24, 2.45) is 0 Å². The number of halogens is 3. The Labute approximate surface area is 64.6 Å². The molecule has 0 atom stereocenters. The topological polar surface area (TPSA) is 17.1 Å². The molecule has 0 aromatic heterocycles. The maximum absolute atomic E-state index is 9.44. The summed E-state index contributed by atoms with van der Waals surface area (Å²) in [5, 5.41) is 0. The molecule has 0 saturated carbocycles. The van der Waals surface area contributed by atoms with E-state index in [1.54, 1.807) is 0 Å². The lowest BCUT2D eigenvalue weighted by atomic mass is 10.6. The molecule has 0 saturated heterocycles. The predicted octanol–water partition coefficient (Wildman–Crippen LogP) is 2.02. The molecule has 1 nitrogen and oxygen atoms in total. The van der Waals surface area contributed by atoms with Gasteiger partial charge in [0, 0.05) is 0 Å². The van der Waals surface area contributed by atoms with Gasteiger partial charge in [-0.05, 0) is 13.8 Å². The zero-order chi connectivity index (χ0) is 7.15. The molecule has 8 heavy (non-hydrogen) atoms. The Morgan fingerprint density at radius 3 is 1.25 bits per heavy atom. The van der Waals surface area contributed by atoms with Gasteiger partial charge in [-0.15, -0.1) is 33.2 Å². The maximum Gasteiger partial charge on any atom is 0.326 e. The van der Waals surface area contributed by atoms with Crippen LogP contribution in [0.25, 0.3) is 0 Å².